The van der Waals surface area contributed by atoms with E-state index in [0.717, 1.165) is 27.2 Å². The molecule has 1 N–H and O–H groups in total. The van der Waals surface area contributed by atoms with Crippen LogP contribution in [-0.4, -0.2) is 24.5 Å². The number of carbonyl (C=O) groups is 2. The number of aryl methyl sites for hydroxylation is 1. The van der Waals surface area contributed by atoms with Crippen LogP contribution in [0, 0.1) is 12.8 Å². The third kappa shape index (κ3) is 4.69. The lowest BCUT2D eigenvalue weighted by Gasteiger charge is -2.18. The van der Waals surface area contributed by atoms with Crippen LogP contribution < -0.4 is 15.0 Å². The lowest BCUT2D eigenvalue weighted by molar-refractivity contribution is -0.122. The van der Waals surface area contributed by atoms with Crippen LogP contribution >= 0.6 is 15.9 Å². The highest BCUT2D eigenvalue weighted by Crippen LogP contribution is 2.28. The predicted octanol–water partition coefficient (Wildman–Crippen LogP) is 4.54. The lowest BCUT2D eigenvalue weighted by Crippen LogP contribution is -2.28. The molecule has 1 fully saturated rings. The summed E-state index contributed by atoms with van der Waals surface area (Å²) in [6, 6.07) is 13.1. The van der Waals surface area contributed by atoms with Crippen LogP contribution in [0.15, 0.2) is 46.9 Å². The van der Waals surface area contributed by atoms with Crippen molar-refractivity contribution in [3.05, 3.63) is 52.5 Å². The Morgan fingerprint density at radius 1 is 1.22 bits per heavy atom. The maximum atomic E-state index is 12.6. The SMILES string of the molecule is Cc1cc(Br)ccc1NC(=O)C1CC(=O)N(c2ccc(OC(C)C)cc2)C1. The molecule has 2 amide bonds. The van der Waals surface area contributed by atoms with E-state index in [1.165, 1.54) is 0 Å². The van der Waals surface area contributed by atoms with Gasteiger partial charge >= 0.3 is 0 Å². The molecule has 2 aromatic rings. The summed E-state index contributed by atoms with van der Waals surface area (Å²) in [5.74, 6) is 0.226. The third-order valence-corrected chi connectivity index (χ3v) is 4.96. The monoisotopic (exact) mass is 430 g/mol. The van der Waals surface area contributed by atoms with Crippen molar-refractivity contribution in [2.45, 2.75) is 33.3 Å². The molecule has 2 aromatic carbocycles. The Kier molecular flexibility index (Phi) is 5.85. The minimum absolute atomic E-state index is 0.0415. The number of hydrogen-bond donors (Lipinski definition) is 1. The Balaban J connectivity index is 1.66. The first-order chi connectivity index (χ1) is 12.8. The quantitative estimate of drug-likeness (QED) is 0.757. The minimum Gasteiger partial charge on any atom is -0.491 e. The van der Waals surface area contributed by atoms with Crippen molar-refractivity contribution in [3.8, 4) is 5.75 Å². The average molecular weight is 431 g/mol. The first-order valence-corrected chi connectivity index (χ1v) is 9.77. The summed E-state index contributed by atoms with van der Waals surface area (Å²) in [6.45, 7) is 6.25. The van der Waals surface area contributed by atoms with E-state index in [4.69, 9.17) is 4.74 Å². The maximum absolute atomic E-state index is 12.6. The molecule has 0 radical (unpaired) electrons. The van der Waals surface area contributed by atoms with Crippen molar-refractivity contribution < 1.29 is 14.3 Å². The summed E-state index contributed by atoms with van der Waals surface area (Å²) in [6.07, 6.45) is 0.311. The van der Waals surface area contributed by atoms with E-state index in [1.807, 2.05) is 63.2 Å². The number of nitrogens with zero attached hydrogens (tertiary/aromatic N) is 1. The smallest absolute Gasteiger partial charge is 0.229 e. The molecule has 27 heavy (non-hydrogen) atoms. The van der Waals surface area contributed by atoms with E-state index in [9.17, 15) is 9.59 Å². The van der Waals surface area contributed by atoms with Gasteiger partial charge in [0.15, 0.2) is 0 Å². The zero-order valence-corrected chi connectivity index (χ0v) is 17.2. The second-order valence-electron chi connectivity index (χ2n) is 7.01. The Morgan fingerprint density at radius 2 is 1.93 bits per heavy atom. The third-order valence-electron chi connectivity index (χ3n) is 4.46. The van der Waals surface area contributed by atoms with Gasteiger partial charge in [-0.25, -0.2) is 0 Å². The van der Waals surface area contributed by atoms with Crippen LogP contribution in [0.5, 0.6) is 5.75 Å². The molecule has 0 bridgehead atoms. The summed E-state index contributed by atoms with van der Waals surface area (Å²) < 4.78 is 6.60. The molecule has 1 unspecified atom stereocenters. The van der Waals surface area contributed by atoms with E-state index >= 15 is 0 Å². The normalized spacial score (nSPS) is 16.7. The Morgan fingerprint density at radius 3 is 2.56 bits per heavy atom. The van der Waals surface area contributed by atoms with Gasteiger partial charge in [-0.1, -0.05) is 15.9 Å². The van der Waals surface area contributed by atoms with Crippen molar-refractivity contribution in [2.75, 3.05) is 16.8 Å². The fourth-order valence-corrected chi connectivity index (χ4v) is 3.59. The molecule has 142 valence electrons. The molecule has 0 spiro atoms. The highest BCUT2D eigenvalue weighted by molar-refractivity contribution is 9.10. The van der Waals surface area contributed by atoms with Crippen LogP contribution in [0.25, 0.3) is 0 Å². The van der Waals surface area contributed by atoms with Gasteiger partial charge in [0, 0.05) is 28.8 Å². The molecule has 1 heterocycles. The van der Waals surface area contributed by atoms with Crippen molar-refractivity contribution in [2.24, 2.45) is 5.92 Å². The van der Waals surface area contributed by atoms with Gasteiger partial charge in [-0.15, -0.1) is 0 Å². The number of hydrogen-bond acceptors (Lipinski definition) is 3. The number of nitrogens with one attached hydrogen (secondary N) is 1. The second-order valence-corrected chi connectivity index (χ2v) is 7.93. The van der Waals surface area contributed by atoms with E-state index in [2.05, 4.69) is 21.2 Å². The van der Waals surface area contributed by atoms with Crippen molar-refractivity contribution in [1.82, 2.24) is 0 Å². The number of halogens is 1. The topological polar surface area (TPSA) is 58.6 Å². The molecule has 0 saturated carbocycles. The Bertz CT molecular complexity index is 849. The number of amides is 2. The summed E-state index contributed by atoms with van der Waals surface area (Å²) >= 11 is 3.42. The molecule has 1 atom stereocenters. The zero-order chi connectivity index (χ0) is 19.6. The lowest BCUT2D eigenvalue weighted by atomic mass is 10.1. The van der Waals surface area contributed by atoms with Crippen molar-refractivity contribution in [1.29, 1.82) is 0 Å². The molecule has 0 aliphatic carbocycles. The highest BCUT2D eigenvalue weighted by atomic mass is 79.9. The van der Waals surface area contributed by atoms with Gasteiger partial charge in [-0.3, -0.25) is 9.59 Å². The Labute approximate surface area is 167 Å². The van der Waals surface area contributed by atoms with E-state index in [0.29, 0.717) is 6.54 Å². The largest absolute Gasteiger partial charge is 0.491 e. The summed E-state index contributed by atoms with van der Waals surface area (Å²) in [7, 11) is 0. The second kappa shape index (κ2) is 8.13. The van der Waals surface area contributed by atoms with Gasteiger partial charge in [0.25, 0.3) is 0 Å². The molecule has 5 nitrogen and oxygen atoms in total. The summed E-state index contributed by atoms with van der Waals surface area (Å²) in [4.78, 5) is 26.7. The maximum Gasteiger partial charge on any atom is 0.229 e. The van der Waals surface area contributed by atoms with E-state index in [-0.39, 0.29) is 30.3 Å². The van der Waals surface area contributed by atoms with Gasteiger partial charge in [0.05, 0.1) is 12.0 Å². The average Bonchev–Trinajstić information content (AvgIpc) is 2.99. The van der Waals surface area contributed by atoms with Crippen LogP contribution in [0.2, 0.25) is 0 Å². The fourth-order valence-electron chi connectivity index (χ4n) is 3.11. The Hall–Kier alpha value is -2.34. The van der Waals surface area contributed by atoms with E-state index in [1.54, 1.807) is 4.90 Å². The molecule has 1 aliphatic rings. The van der Waals surface area contributed by atoms with Crippen LogP contribution in [0.1, 0.15) is 25.8 Å². The number of benzene rings is 2. The van der Waals surface area contributed by atoms with Crippen LogP contribution in [0.3, 0.4) is 0 Å². The molecule has 1 saturated heterocycles. The predicted molar refractivity (Wildman–Crippen MR) is 110 cm³/mol. The number of anilines is 2. The van der Waals surface area contributed by atoms with E-state index < -0.39 is 0 Å². The van der Waals surface area contributed by atoms with Crippen molar-refractivity contribution >= 4 is 39.1 Å². The number of carbonyl (C=O) groups excluding carboxylic acids is 2. The zero-order valence-electron chi connectivity index (χ0n) is 15.7. The van der Waals surface area contributed by atoms with Crippen LogP contribution in [-0.2, 0) is 9.59 Å². The molecule has 0 aromatic heterocycles. The minimum atomic E-state index is -0.368. The first kappa shape index (κ1) is 19.4. The highest BCUT2D eigenvalue weighted by Gasteiger charge is 2.35. The van der Waals surface area contributed by atoms with Gasteiger partial charge in [-0.2, -0.15) is 0 Å². The van der Waals surface area contributed by atoms with Crippen molar-refractivity contribution in [3.63, 3.8) is 0 Å². The molecule has 3 rings (SSSR count). The molecular formula is C21H23BrN2O3. The van der Waals surface area contributed by atoms with Gasteiger partial charge in [0.2, 0.25) is 11.8 Å². The first-order valence-electron chi connectivity index (χ1n) is 8.97. The fraction of sp³-hybridized carbons (Fsp3) is 0.333. The van der Waals surface area contributed by atoms with Crippen LogP contribution in [0.4, 0.5) is 11.4 Å². The number of rotatable bonds is 5. The standard InChI is InChI=1S/C21H23BrN2O3/c1-13(2)27-18-7-5-17(6-8-18)24-12-15(11-20(24)25)21(26)23-19-9-4-16(22)10-14(19)3/h4-10,13,15H,11-12H2,1-3H3,(H,23,26). The number of ether oxygens (including phenoxy) is 1. The summed E-state index contributed by atoms with van der Waals surface area (Å²) in [5.41, 5.74) is 2.52. The van der Waals surface area contributed by atoms with Gasteiger partial charge in [0.1, 0.15) is 5.75 Å². The van der Waals surface area contributed by atoms with Gasteiger partial charge < -0.3 is 15.0 Å². The molecule has 1 aliphatic heterocycles. The molecular weight excluding hydrogens is 408 g/mol. The van der Waals surface area contributed by atoms with Gasteiger partial charge in [-0.05, 0) is 68.8 Å². The molecule has 6 heteroatoms. The summed E-state index contributed by atoms with van der Waals surface area (Å²) in [5, 5.41) is 2.94.